The standard InChI is InChI=1S/C13H14F3NO2/c1-10-7-11(3-2-6-17)4-5-12(10)19-9-18-8-13(14,15)16/h4-5,7H,6,8-9,17H2,1H3. The fourth-order valence-corrected chi connectivity index (χ4v) is 1.30. The van der Waals surface area contributed by atoms with Crippen molar-refractivity contribution in [2.45, 2.75) is 13.1 Å². The van der Waals surface area contributed by atoms with E-state index >= 15 is 0 Å². The predicted molar refractivity (Wildman–Crippen MR) is 64.6 cm³/mol. The second-order valence-electron chi connectivity index (χ2n) is 3.71. The molecule has 1 aromatic carbocycles. The van der Waals surface area contributed by atoms with E-state index in [0.29, 0.717) is 5.75 Å². The highest BCUT2D eigenvalue weighted by Gasteiger charge is 2.27. The number of aryl methyl sites for hydroxylation is 1. The van der Waals surface area contributed by atoms with Crippen molar-refractivity contribution in [1.82, 2.24) is 0 Å². The number of alkyl halides is 3. The third-order valence-corrected chi connectivity index (χ3v) is 2.07. The summed E-state index contributed by atoms with van der Waals surface area (Å²) in [6.45, 7) is 0.260. The third-order valence-electron chi connectivity index (χ3n) is 2.07. The minimum Gasteiger partial charge on any atom is -0.467 e. The van der Waals surface area contributed by atoms with Gasteiger partial charge in [0.05, 0.1) is 6.54 Å². The topological polar surface area (TPSA) is 44.5 Å². The Kier molecular flexibility index (Phi) is 5.67. The number of nitrogens with two attached hydrogens (primary N) is 1. The van der Waals surface area contributed by atoms with E-state index in [9.17, 15) is 13.2 Å². The van der Waals surface area contributed by atoms with Crippen molar-refractivity contribution in [3.05, 3.63) is 29.3 Å². The minimum atomic E-state index is -4.35. The van der Waals surface area contributed by atoms with Crippen molar-refractivity contribution in [3.8, 4) is 17.6 Å². The van der Waals surface area contributed by atoms with Crippen LogP contribution in [-0.4, -0.2) is 26.1 Å². The number of hydrogen-bond donors (Lipinski definition) is 1. The second kappa shape index (κ2) is 7.02. The van der Waals surface area contributed by atoms with Crippen LogP contribution in [0.15, 0.2) is 18.2 Å². The summed E-state index contributed by atoms with van der Waals surface area (Å²) in [5, 5.41) is 0. The zero-order valence-electron chi connectivity index (χ0n) is 10.4. The van der Waals surface area contributed by atoms with Gasteiger partial charge in [-0.15, -0.1) is 0 Å². The molecular weight excluding hydrogens is 259 g/mol. The monoisotopic (exact) mass is 273 g/mol. The smallest absolute Gasteiger partial charge is 0.411 e. The van der Waals surface area contributed by atoms with Gasteiger partial charge in [-0.05, 0) is 30.7 Å². The highest BCUT2D eigenvalue weighted by Crippen LogP contribution is 2.19. The maximum absolute atomic E-state index is 11.8. The van der Waals surface area contributed by atoms with Gasteiger partial charge in [-0.2, -0.15) is 13.2 Å². The summed E-state index contributed by atoms with van der Waals surface area (Å²) in [6, 6.07) is 5.10. The molecule has 0 aromatic heterocycles. The molecule has 0 atom stereocenters. The lowest BCUT2D eigenvalue weighted by Gasteiger charge is -2.11. The van der Waals surface area contributed by atoms with Crippen molar-refractivity contribution >= 4 is 0 Å². The molecule has 0 aliphatic carbocycles. The van der Waals surface area contributed by atoms with Gasteiger partial charge in [0.1, 0.15) is 12.4 Å². The summed E-state index contributed by atoms with van der Waals surface area (Å²) in [5.41, 5.74) is 6.79. The van der Waals surface area contributed by atoms with Gasteiger partial charge in [0, 0.05) is 5.56 Å². The van der Waals surface area contributed by atoms with Crippen molar-refractivity contribution in [2.75, 3.05) is 19.9 Å². The van der Waals surface area contributed by atoms with Gasteiger partial charge in [-0.25, -0.2) is 0 Å². The van der Waals surface area contributed by atoms with Gasteiger partial charge in [0.25, 0.3) is 0 Å². The molecule has 0 amide bonds. The molecule has 0 unspecified atom stereocenters. The van der Waals surface area contributed by atoms with Crippen LogP contribution in [0.25, 0.3) is 0 Å². The summed E-state index contributed by atoms with van der Waals surface area (Å²) < 4.78 is 44.9. The van der Waals surface area contributed by atoms with Crippen molar-refractivity contribution < 1.29 is 22.6 Å². The zero-order chi connectivity index (χ0) is 14.3. The molecule has 3 nitrogen and oxygen atoms in total. The van der Waals surface area contributed by atoms with Crippen LogP contribution in [0.4, 0.5) is 13.2 Å². The summed E-state index contributed by atoms with van der Waals surface area (Å²) in [4.78, 5) is 0. The van der Waals surface area contributed by atoms with Crippen LogP contribution in [0.5, 0.6) is 5.75 Å². The van der Waals surface area contributed by atoms with E-state index in [-0.39, 0.29) is 6.54 Å². The first-order chi connectivity index (χ1) is 8.92. The Labute approximate surface area is 109 Å². The van der Waals surface area contributed by atoms with Crippen LogP contribution < -0.4 is 10.5 Å². The highest BCUT2D eigenvalue weighted by atomic mass is 19.4. The quantitative estimate of drug-likeness (QED) is 0.520. The largest absolute Gasteiger partial charge is 0.467 e. The van der Waals surface area contributed by atoms with E-state index in [1.807, 2.05) is 0 Å². The molecule has 0 heterocycles. The Morgan fingerprint density at radius 3 is 2.63 bits per heavy atom. The van der Waals surface area contributed by atoms with Gasteiger partial charge in [-0.3, -0.25) is 0 Å². The molecule has 0 aliphatic heterocycles. The Bertz CT molecular complexity index is 475. The third kappa shape index (κ3) is 6.13. The highest BCUT2D eigenvalue weighted by molar-refractivity contribution is 5.43. The SMILES string of the molecule is Cc1cc(C#CCN)ccc1OCOCC(F)(F)F. The van der Waals surface area contributed by atoms with Crippen LogP contribution in [0.1, 0.15) is 11.1 Å². The molecule has 104 valence electrons. The maximum atomic E-state index is 11.8. The maximum Gasteiger partial charge on any atom is 0.411 e. The molecule has 0 saturated carbocycles. The average Bonchev–Trinajstić information content (AvgIpc) is 2.32. The molecule has 0 bridgehead atoms. The average molecular weight is 273 g/mol. The molecule has 0 aliphatic rings. The van der Waals surface area contributed by atoms with Gasteiger partial charge in [-0.1, -0.05) is 11.8 Å². The summed E-state index contributed by atoms with van der Waals surface area (Å²) in [6.07, 6.45) is -4.35. The molecule has 1 aromatic rings. The van der Waals surface area contributed by atoms with E-state index in [0.717, 1.165) is 11.1 Å². The van der Waals surface area contributed by atoms with E-state index < -0.39 is 19.6 Å². The van der Waals surface area contributed by atoms with E-state index in [1.165, 1.54) is 0 Å². The molecule has 19 heavy (non-hydrogen) atoms. The van der Waals surface area contributed by atoms with Gasteiger partial charge >= 0.3 is 6.18 Å². The summed E-state index contributed by atoms with van der Waals surface area (Å²) in [5.74, 6) is 6.02. The number of benzene rings is 1. The summed E-state index contributed by atoms with van der Waals surface area (Å²) in [7, 11) is 0. The predicted octanol–water partition coefficient (Wildman–Crippen LogP) is 2.22. The second-order valence-corrected chi connectivity index (χ2v) is 3.71. The van der Waals surface area contributed by atoms with Crippen LogP contribution in [0, 0.1) is 18.8 Å². The Morgan fingerprint density at radius 1 is 1.32 bits per heavy atom. The molecule has 0 spiro atoms. The van der Waals surface area contributed by atoms with Crippen molar-refractivity contribution in [1.29, 1.82) is 0 Å². The van der Waals surface area contributed by atoms with Gasteiger partial charge < -0.3 is 15.2 Å². The summed E-state index contributed by atoms with van der Waals surface area (Å²) >= 11 is 0. The lowest BCUT2D eigenvalue weighted by molar-refractivity contribution is -0.186. The Hall–Kier alpha value is -1.71. The van der Waals surface area contributed by atoms with E-state index in [2.05, 4.69) is 16.6 Å². The van der Waals surface area contributed by atoms with Gasteiger partial charge in [0.15, 0.2) is 6.79 Å². The molecule has 0 saturated heterocycles. The first-order valence-electron chi connectivity index (χ1n) is 5.49. The first-order valence-corrected chi connectivity index (χ1v) is 5.49. The fourth-order valence-electron chi connectivity index (χ4n) is 1.30. The lowest BCUT2D eigenvalue weighted by Crippen LogP contribution is -2.19. The number of rotatable bonds is 4. The van der Waals surface area contributed by atoms with Crippen LogP contribution in [0.3, 0.4) is 0 Å². The normalized spacial score (nSPS) is 10.8. The molecule has 0 fully saturated rings. The number of halogens is 3. The molecule has 6 heteroatoms. The van der Waals surface area contributed by atoms with Crippen molar-refractivity contribution in [3.63, 3.8) is 0 Å². The van der Waals surface area contributed by atoms with E-state index in [1.54, 1.807) is 25.1 Å². The van der Waals surface area contributed by atoms with E-state index in [4.69, 9.17) is 10.5 Å². The van der Waals surface area contributed by atoms with Crippen molar-refractivity contribution in [2.24, 2.45) is 5.73 Å². The first kappa shape index (κ1) is 15.3. The molecule has 0 radical (unpaired) electrons. The zero-order valence-corrected chi connectivity index (χ0v) is 10.4. The minimum absolute atomic E-state index is 0.266. The molecule has 2 N–H and O–H groups in total. The van der Waals surface area contributed by atoms with Gasteiger partial charge in [0.2, 0.25) is 0 Å². The fraction of sp³-hybridized carbons (Fsp3) is 0.385. The molecule has 1 rings (SSSR count). The molecular formula is C13H14F3NO2. The Morgan fingerprint density at radius 2 is 2.05 bits per heavy atom. The Balaban J connectivity index is 2.51. The van der Waals surface area contributed by atoms with Crippen LogP contribution in [-0.2, 0) is 4.74 Å². The number of hydrogen-bond acceptors (Lipinski definition) is 3. The van der Waals surface area contributed by atoms with Crippen LogP contribution in [0.2, 0.25) is 0 Å². The lowest BCUT2D eigenvalue weighted by atomic mass is 10.1. The number of ether oxygens (including phenoxy) is 2. The van der Waals surface area contributed by atoms with Crippen LogP contribution >= 0.6 is 0 Å².